The van der Waals surface area contributed by atoms with E-state index in [2.05, 4.69) is 32.2 Å². The Hall–Kier alpha value is -1.69. The summed E-state index contributed by atoms with van der Waals surface area (Å²) in [5.74, 6) is 1.33. The van der Waals surface area contributed by atoms with Crippen molar-refractivity contribution in [1.82, 2.24) is 0 Å². The van der Waals surface area contributed by atoms with E-state index in [9.17, 15) is 5.26 Å². The van der Waals surface area contributed by atoms with Crippen LogP contribution in [-0.2, 0) is 0 Å². The van der Waals surface area contributed by atoms with E-state index in [-0.39, 0.29) is 5.41 Å². The molecule has 1 fully saturated rings. The van der Waals surface area contributed by atoms with E-state index >= 15 is 0 Å². The molecule has 1 aliphatic carbocycles. The maximum Gasteiger partial charge on any atom is 0.141 e. The summed E-state index contributed by atoms with van der Waals surface area (Å²) in [4.78, 5) is 0. The number of hydrogen-bond acceptors (Lipinski definition) is 3. The van der Waals surface area contributed by atoms with Gasteiger partial charge in [0.25, 0.3) is 0 Å². The Morgan fingerprint density at radius 3 is 2.60 bits per heavy atom. The summed E-state index contributed by atoms with van der Waals surface area (Å²) >= 11 is 0. The summed E-state index contributed by atoms with van der Waals surface area (Å²) in [6, 6.07) is 10.3. The van der Waals surface area contributed by atoms with Crippen LogP contribution in [0.2, 0.25) is 0 Å². The minimum absolute atomic E-state index is 0.183. The molecule has 1 aromatic carbocycles. The van der Waals surface area contributed by atoms with Gasteiger partial charge in [0.05, 0.1) is 18.9 Å². The standard InChI is InChI=1S/C17H24N2O/c1-13-9-16(2,3)11-17(10-13,12-18)19-14-7-5-6-8-15(14)20-4/h5-8,13,19H,9-11H2,1-4H3. The number of anilines is 1. The van der Waals surface area contributed by atoms with Crippen LogP contribution in [0.5, 0.6) is 5.75 Å². The number of para-hydroxylation sites is 2. The zero-order valence-corrected chi connectivity index (χ0v) is 12.9. The number of hydrogen-bond donors (Lipinski definition) is 1. The first-order valence-electron chi connectivity index (χ1n) is 7.22. The van der Waals surface area contributed by atoms with Crippen LogP contribution in [0.3, 0.4) is 0 Å². The van der Waals surface area contributed by atoms with Crippen LogP contribution in [0.25, 0.3) is 0 Å². The SMILES string of the molecule is COc1ccccc1NC1(C#N)CC(C)CC(C)(C)C1. The third-order valence-electron chi connectivity index (χ3n) is 4.07. The quantitative estimate of drug-likeness (QED) is 0.896. The molecule has 2 atom stereocenters. The Morgan fingerprint density at radius 1 is 1.30 bits per heavy atom. The summed E-state index contributed by atoms with van der Waals surface area (Å²) < 4.78 is 5.38. The van der Waals surface area contributed by atoms with Crippen molar-refractivity contribution in [2.45, 2.75) is 45.6 Å². The summed E-state index contributed by atoms with van der Waals surface area (Å²) in [5, 5.41) is 13.2. The van der Waals surface area contributed by atoms with Gasteiger partial charge in [-0.1, -0.05) is 32.9 Å². The van der Waals surface area contributed by atoms with E-state index < -0.39 is 5.54 Å². The molecule has 0 spiro atoms. The van der Waals surface area contributed by atoms with Crippen molar-refractivity contribution in [2.75, 3.05) is 12.4 Å². The number of nitrogens with one attached hydrogen (secondary N) is 1. The van der Waals surface area contributed by atoms with Crippen LogP contribution in [0, 0.1) is 22.7 Å². The molecular weight excluding hydrogens is 248 g/mol. The number of ether oxygens (including phenoxy) is 1. The fourth-order valence-corrected chi connectivity index (χ4v) is 3.79. The van der Waals surface area contributed by atoms with Gasteiger partial charge < -0.3 is 10.1 Å². The smallest absolute Gasteiger partial charge is 0.141 e. The molecule has 3 heteroatoms. The first-order valence-corrected chi connectivity index (χ1v) is 7.22. The van der Waals surface area contributed by atoms with E-state index in [0.29, 0.717) is 5.92 Å². The highest BCUT2D eigenvalue weighted by Gasteiger charge is 2.43. The van der Waals surface area contributed by atoms with Crippen molar-refractivity contribution < 1.29 is 4.74 Å². The lowest BCUT2D eigenvalue weighted by Gasteiger charge is -2.44. The van der Waals surface area contributed by atoms with Crippen LogP contribution in [-0.4, -0.2) is 12.6 Å². The van der Waals surface area contributed by atoms with Gasteiger partial charge >= 0.3 is 0 Å². The van der Waals surface area contributed by atoms with Gasteiger partial charge in [-0.15, -0.1) is 0 Å². The lowest BCUT2D eigenvalue weighted by Crippen LogP contribution is -2.47. The zero-order valence-electron chi connectivity index (χ0n) is 12.9. The fraction of sp³-hybridized carbons (Fsp3) is 0.588. The molecule has 3 nitrogen and oxygen atoms in total. The summed E-state index contributed by atoms with van der Waals surface area (Å²) in [6.07, 6.45) is 2.91. The summed E-state index contributed by atoms with van der Waals surface area (Å²) in [6.45, 7) is 6.73. The van der Waals surface area contributed by atoms with E-state index in [1.165, 1.54) is 6.42 Å². The molecule has 1 N–H and O–H groups in total. The molecule has 0 aromatic heterocycles. The minimum Gasteiger partial charge on any atom is -0.495 e. The van der Waals surface area contributed by atoms with Gasteiger partial charge in [-0.3, -0.25) is 0 Å². The Balaban J connectivity index is 2.30. The Kier molecular flexibility index (Phi) is 3.94. The molecule has 20 heavy (non-hydrogen) atoms. The Bertz CT molecular complexity index is 518. The van der Waals surface area contributed by atoms with E-state index in [1.54, 1.807) is 7.11 Å². The van der Waals surface area contributed by atoms with Gasteiger partial charge in [0.15, 0.2) is 0 Å². The fourth-order valence-electron chi connectivity index (χ4n) is 3.79. The average Bonchev–Trinajstić information content (AvgIpc) is 2.37. The number of rotatable bonds is 3. The second-order valence-electron chi connectivity index (χ2n) is 6.87. The Morgan fingerprint density at radius 2 is 2.00 bits per heavy atom. The first-order chi connectivity index (χ1) is 9.40. The second-order valence-corrected chi connectivity index (χ2v) is 6.87. The summed E-state index contributed by atoms with van der Waals surface area (Å²) in [5.41, 5.74) is 0.583. The lowest BCUT2D eigenvalue weighted by molar-refractivity contribution is 0.148. The third-order valence-corrected chi connectivity index (χ3v) is 4.07. The topological polar surface area (TPSA) is 45.0 Å². The molecule has 2 rings (SSSR count). The van der Waals surface area contributed by atoms with Gasteiger partial charge in [-0.2, -0.15) is 5.26 Å². The van der Waals surface area contributed by atoms with Crippen LogP contribution in [0.1, 0.15) is 40.0 Å². The van der Waals surface area contributed by atoms with Gasteiger partial charge in [0.2, 0.25) is 0 Å². The normalized spacial score (nSPS) is 28.4. The molecule has 2 unspecified atom stereocenters. The third kappa shape index (κ3) is 3.07. The maximum atomic E-state index is 9.76. The molecular formula is C17H24N2O. The first kappa shape index (κ1) is 14.7. The molecule has 0 radical (unpaired) electrons. The van der Waals surface area contributed by atoms with Gasteiger partial charge in [-0.25, -0.2) is 0 Å². The van der Waals surface area contributed by atoms with E-state index in [0.717, 1.165) is 24.3 Å². The molecule has 0 bridgehead atoms. The van der Waals surface area contributed by atoms with Gasteiger partial charge in [0.1, 0.15) is 11.3 Å². The monoisotopic (exact) mass is 272 g/mol. The van der Waals surface area contributed by atoms with Gasteiger partial charge in [0, 0.05) is 0 Å². The average molecular weight is 272 g/mol. The molecule has 1 aromatic rings. The number of nitriles is 1. The van der Waals surface area contributed by atoms with Crippen molar-refractivity contribution in [3.63, 3.8) is 0 Å². The highest BCUT2D eigenvalue weighted by molar-refractivity contribution is 5.59. The van der Waals surface area contributed by atoms with Crippen molar-refractivity contribution in [3.05, 3.63) is 24.3 Å². The summed E-state index contributed by atoms with van der Waals surface area (Å²) in [7, 11) is 1.66. The van der Waals surface area contributed by atoms with Crippen molar-refractivity contribution in [2.24, 2.45) is 11.3 Å². The highest BCUT2D eigenvalue weighted by atomic mass is 16.5. The molecule has 0 heterocycles. The number of benzene rings is 1. The molecule has 0 saturated heterocycles. The largest absolute Gasteiger partial charge is 0.495 e. The predicted molar refractivity (Wildman–Crippen MR) is 81.8 cm³/mol. The molecule has 108 valence electrons. The van der Waals surface area contributed by atoms with Crippen LogP contribution >= 0.6 is 0 Å². The predicted octanol–water partition coefficient (Wildman–Crippen LogP) is 4.22. The van der Waals surface area contributed by atoms with Crippen molar-refractivity contribution in [3.8, 4) is 11.8 Å². The molecule has 0 aliphatic heterocycles. The van der Waals surface area contributed by atoms with Crippen LogP contribution in [0.15, 0.2) is 24.3 Å². The lowest BCUT2D eigenvalue weighted by atomic mass is 9.64. The number of methoxy groups -OCH3 is 1. The van der Waals surface area contributed by atoms with Crippen LogP contribution in [0.4, 0.5) is 5.69 Å². The number of nitrogens with zero attached hydrogens (tertiary/aromatic N) is 1. The zero-order chi connectivity index (χ0) is 14.8. The highest BCUT2D eigenvalue weighted by Crippen LogP contribution is 2.45. The Labute approximate surface area is 121 Å². The van der Waals surface area contributed by atoms with E-state index in [1.807, 2.05) is 24.3 Å². The van der Waals surface area contributed by atoms with Gasteiger partial charge in [-0.05, 0) is 42.7 Å². The molecule has 1 aliphatic rings. The maximum absolute atomic E-state index is 9.76. The van der Waals surface area contributed by atoms with Crippen molar-refractivity contribution in [1.29, 1.82) is 5.26 Å². The second kappa shape index (κ2) is 5.36. The van der Waals surface area contributed by atoms with Crippen LogP contribution < -0.4 is 10.1 Å². The van der Waals surface area contributed by atoms with Crippen molar-refractivity contribution >= 4 is 5.69 Å². The molecule has 1 saturated carbocycles. The van der Waals surface area contributed by atoms with E-state index in [4.69, 9.17) is 4.74 Å². The minimum atomic E-state index is -0.504. The molecule has 0 amide bonds.